The SMILES string of the molecule is O=[N+]([O-])c1ccc(S(=O)(=O)NN=Cc2cnc3ccccc3n2)cc1. The van der Waals surface area contributed by atoms with E-state index >= 15 is 0 Å². The molecule has 0 amide bonds. The van der Waals surface area contributed by atoms with Crippen LogP contribution in [0.25, 0.3) is 11.0 Å². The molecule has 1 aromatic heterocycles. The number of hydrogen-bond donors (Lipinski definition) is 1. The fourth-order valence-corrected chi connectivity index (χ4v) is 2.79. The topological polar surface area (TPSA) is 127 Å². The summed E-state index contributed by atoms with van der Waals surface area (Å²) in [4.78, 5) is 20.3. The Morgan fingerprint density at radius 3 is 2.44 bits per heavy atom. The van der Waals surface area contributed by atoms with E-state index in [1.165, 1.54) is 12.4 Å². The Kier molecular flexibility index (Phi) is 4.35. The molecule has 0 saturated heterocycles. The summed E-state index contributed by atoms with van der Waals surface area (Å²) >= 11 is 0. The molecule has 2 aromatic carbocycles. The van der Waals surface area contributed by atoms with Crippen LogP contribution in [-0.2, 0) is 10.0 Å². The standard InChI is InChI=1S/C15H11N5O4S/c21-20(22)12-5-7-13(8-6-12)25(23,24)19-17-10-11-9-16-14-3-1-2-4-15(14)18-11/h1-10,19H. The molecule has 0 atom stereocenters. The van der Waals surface area contributed by atoms with Crippen LogP contribution in [0.3, 0.4) is 0 Å². The summed E-state index contributed by atoms with van der Waals surface area (Å²) < 4.78 is 24.2. The predicted molar refractivity (Wildman–Crippen MR) is 90.5 cm³/mol. The second-order valence-corrected chi connectivity index (χ2v) is 6.55. The Balaban J connectivity index is 1.76. The van der Waals surface area contributed by atoms with Crippen LogP contribution in [-0.4, -0.2) is 29.5 Å². The molecule has 0 saturated carbocycles. The number of nitro groups is 1. The van der Waals surface area contributed by atoms with Gasteiger partial charge in [0.2, 0.25) is 0 Å². The highest BCUT2D eigenvalue weighted by atomic mass is 32.2. The van der Waals surface area contributed by atoms with E-state index in [0.29, 0.717) is 16.7 Å². The smallest absolute Gasteiger partial charge is 0.258 e. The van der Waals surface area contributed by atoms with Crippen LogP contribution < -0.4 is 4.83 Å². The maximum absolute atomic E-state index is 12.1. The first-order valence-corrected chi connectivity index (χ1v) is 8.45. The average molecular weight is 357 g/mol. The Hall–Kier alpha value is -3.40. The molecule has 0 aliphatic heterocycles. The van der Waals surface area contributed by atoms with E-state index in [1.807, 2.05) is 17.0 Å². The van der Waals surface area contributed by atoms with Gasteiger partial charge in [-0.2, -0.15) is 13.5 Å². The first-order chi connectivity index (χ1) is 12.0. The molecule has 25 heavy (non-hydrogen) atoms. The van der Waals surface area contributed by atoms with Crippen molar-refractivity contribution in [1.29, 1.82) is 0 Å². The number of non-ortho nitro benzene ring substituents is 1. The Morgan fingerprint density at radius 2 is 1.76 bits per heavy atom. The number of nitrogens with zero attached hydrogens (tertiary/aromatic N) is 4. The minimum absolute atomic E-state index is 0.139. The molecule has 0 aliphatic carbocycles. The number of para-hydroxylation sites is 2. The third-order valence-corrected chi connectivity index (χ3v) is 4.43. The van der Waals surface area contributed by atoms with Gasteiger partial charge in [-0.25, -0.2) is 9.82 Å². The zero-order chi connectivity index (χ0) is 17.9. The normalized spacial score (nSPS) is 11.7. The lowest BCUT2D eigenvalue weighted by atomic mass is 10.3. The number of rotatable bonds is 5. The monoisotopic (exact) mass is 357 g/mol. The van der Waals surface area contributed by atoms with E-state index in [-0.39, 0.29) is 10.6 Å². The van der Waals surface area contributed by atoms with Crippen molar-refractivity contribution >= 4 is 33.0 Å². The molecule has 9 nitrogen and oxygen atoms in total. The zero-order valence-electron chi connectivity index (χ0n) is 12.6. The molecule has 0 radical (unpaired) electrons. The first kappa shape index (κ1) is 16.5. The summed E-state index contributed by atoms with van der Waals surface area (Å²) in [5, 5.41) is 14.2. The van der Waals surface area contributed by atoms with Gasteiger partial charge in [-0.05, 0) is 24.3 Å². The largest absolute Gasteiger partial charge is 0.276 e. The molecule has 3 aromatic rings. The number of aromatic nitrogens is 2. The number of nitro benzene ring substituents is 1. The Morgan fingerprint density at radius 1 is 1.08 bits per heavy atom. The van der Waals surface area contributed by atoms with Gasteiger partial charge in [-0.15, -0.1) is 0 Å². The van der Waals surface area contributed by atoms with Gasteiger partial charge >= 0.3 is 0 Å². The fourth-order valence-electron chi connectivity index (χ4n) is 2.00. The van der Waals surface area contributed by atoms with E-state index < -0.39 is 14.9 Å². The highest BCUT2D eigenvalue weighted by Gasteiger charge is 2.14. The van der Waals surface area contributed by atoms with Crippen molar-refractivity contribution in [2.24, 2.45) is 5.10 Å². The summed E-state index contributed by atoms with van der Waals surface area (Å²) in [6.07, 6.45) is 2.69. The Labute approximate surface area is 142 Å². The predicted octanol–water partition coefficient (Wildman–Crippen LogP) is 1.85. The molecule has 0 bridgehead atoms. The summed E-state index contributed by atoms with van der Waals surface area (Å²) in [5.74, 6) is 0. The fraction of sp³-hybridized carbons (Fsp3) is 0. The van der Waals surface area contributed by atoms with E-state index in [2.05, 4.69) is 15.1 Å². The number of sulfonamides is 1. The molecule has 10 heteroatoms. The first-order valence-electron chi connectivity index (χ1n) is 6.97. The van der Waals surface area contributed by atoms with Gasteiger partial charge in [0.15, 0.2) is 0 Å². The highest BCUT2D eigenvalue weighted by Crippen LogP contribution is 2.15. The van der Waals surface area contributed by atoms with Crippen LogP contribution in [0.1, 0.15) is 5.69 Å². The summed E-state index contributed by atoms with van der Waals surface area (Å²) in [7, 11) is -3.93. The lowest BCUT2D eigenvalue weighted by molar-refractivity contribution is -0.384. The number of benzene rings is 2. The quantitative estimate of drug-likeness (QED) is 0.422. The zero-order valence-corrected chi connectivity index (χ0v) is 13.4. The maximum Gasteiger partial charge on any atom is 0.276 e. The molecule has 0 unspecified atom stereocenters. The molecule has 126 valence electrons. The van der Waals surface area contributed by atoms with Gasteiger partial charge in [-0.1, -0.05) is 12.1 Å². The Bertz CT molecular complexity index is 1060. The van der Waals surface area contributed by atoms with Crippen LogP contribution in [0.5, 0.6) is 0 Å². The summed E-state index contributed by atoms with van der Waals surface area (Å²) in [6, 6.07) is 11.7. The van der Waals surface area contributed by atoms with Gasteiger partial charge in [-0.3, -0.25) is 15.1 Å². The molecule has 0 aliphatic rings. The summed E-state index contributed by atoms with van der Waals surface area (Å²) in [6.45, 7) is 0. The minimum atomic E-state index is -3.93. The van der Waals surface area contributed by atoms with Crippen molar-refractivity contribution in [2.45, 2.75) is 4.90 Å². The lowest BCUT2D eigenvalue weighted by Crippen LogP contribution is -2.18. The molecule has 0 spiro atoms. The van der Waals surface area contributed by atoms with Gasteiger partial charge in [0, 0.05) is 12.1 Å². The average Bonchev–Trinajstić information content (AvgIpc) is 2.61. The molecule has 3 rings (SSSR count). The van der Waals surface area contributed by atoms with Gasteiger partial charge in [0.25, 0.3) is 15.7 Å². The van der Waals surface area contributed by atoms with Crippen LogP contribution in [0.4, 0.5) is 5.69 Å². The second kappa shape index (κ2) is 6.61. The van der Waals surface area contributed by atoms with Crippen LogP contribution in [0.2, 0.25) is 0 Å². The van der Waals surface area contributed by atoms with E-state index in [9.17, 15) is 18.5 Å². The van der Waals surface area contributed by atoms with E-state index in [4.69, 9.17) is 0 Å². The van der Waals surface area contributed by atoms with Gasteiger partial charge < -0.3 is 0 Å². The second-order valence-electron chi connectivity index (χ2n) is 4.89. The van der Waals surface area contributed by atoms with Gasteiger partial charge in [0.05, 0.1) is 33.3 Å². The van der Waals surface area contributed by atoms with Crippen molar-refractivity contribution in [1.82, 2.24) is 14.8 Å². The van der Waals surface area contributed by atoms with Crippen molar-refractivity contribution in [3.8, 4) is 0 Å². The molecule has 0 fully saturated rings. The molecule has 1 heterocycles. The summed E-state index contributed by atoms with van der Waals surface area (Å²) in [5.41, 5.74) is 1.55. The molecule has 1 N–H and O–H groups in total. The molecular weight excluding hydrogens is 346 g/mol. The maximum atomic E-state index is 12.1. The molecular formula is C15H11N5O4S. The van der Waals surface area contributed by atoms with E-state index in [1.54, 1.807) is 12.1 Å². The number of hydrazone groups is 1. The highest BCUT2D eigenvalue weighted by molar-refractivity contribution is 7.89. The van der Waals surface area contributed by atoms with Crippen LogP contribution >= 0.6 is 0 Å². The lowest BCUT2D eigenvalue weighted by Gasteiger charge is -2.03. The van der Waals surface area contributed by atoms with Crippen LogP contribution in [0.15, 0.2) is 64.7 Å². The van der Waals surface area contributed by atoms with Crippen molar-refractivity contribution in [3.05, 3.63) is 70.5 Å². The number of hydrogen-bond acceptors (Lipinski definition) is 7. The van der Waals surface area contributed by atoms with Crippen molar-refractivity contribution in [2.75, 3.05) is 0 Å². The third kappa shape index (κ3) is 3.75. The number of nitrogens with one attached hydrogen (secondary N) is 1. The third-order valence-electron chi connectivity index (χ3n) is 3.19. The van der Waals surface area contributed by atoms with Crippen molar-refractivity contribution < 1.29 is 13.3 Å². The number of fused-ring (bicyclic) bond motifs is 1. The van der Waals surface area contributed by atoms with Gasteiger partial charge in [0.1, 0.15) is 5.69 Å². The van der Waals surface area contributed by atoms with Crippen molar-refractivity contribution in [3.63, 3.8) is 0 Å². The van der Waals surface area contributed by atoms with E-state index in [0.717, 1.165) is 24.3 Å². The minimum Gasteiger partial charge on any atom is -0.258 e. The van der Waals surface area contributed by atoms with Crippen LogP contribution in [0, 0.1) is 10.1 Å².